The Labute approximate surface area is 229 Å². The Hall–Kier alpha value is -5.23. The molecule has 0 aliphatic rings. The van der Waals surface area contributed by atoms with E-state index in [0.29, 0.717) is 34.3 Å². The van der Waals surface area contributed by atoms with Gasteiger partial charge in [0.1, 0.15) is 17.4 Å². The summed E-state index contributed by atoms with van der Waals surface area (Å²) in [7, 11) is -4.34. The number of carbonyl (C=O) groups is 1. The largest absolute Gasteiger partial charge is 0.507 e. The number of aromatic hydroxyl groups is 1. The quantitative estimate of drug-likeness (QED) is 0.0950. The Morgan fingerprint density at radius 3 is 2.58 bits per heavy atom. The third-order valence-electron chi connectivity index (χ3n) is 6.25. The van der Waals surface area contributed by atoms with Gasteiger partial charge in [-0.1, -0.05) is 18.2 Å². The highest BCUT2D eigenvalue weighted by Gasteiger charge is 2.24. The lowest BCUT2D eigenvalue weighted by atomic mass is 10.0. The molecular formula is C28H25N7O4S. The molecule has 0 fully saturated rings. The van der Waals surface area contributed by atoms with Crippen LogP contribution in [0.3, 0.4) is 0 Å². The van der Waals surface area contributed by atoms with Crippen LogP contribution in [0.4, 0.5) is 5.69 Å². The number of carbonyl (C=O) groups excluding carboxylic acids is 1. The summed E-state index contributed by atoms with van der Waals surface area (Å²) < 4.78 is 28.9. The number of benzene rings is 3. The van der Waals surface area contributed by atoms with Crippen LogP contribution in [0.1, 0.15) is 17.5 Å². The summed E-state index contributed by atoms with van der Waals surface area (Å²) in [6, 6.07) is 17.6. The highest BCUT2D eigenvalue weighted by Crippen LogP contribution is 2.40. The zero-order valence-electron chi connectivity index (χ0n) is 21.0. The smallest absolute Gasteiger partial charge is 0.264 e. The third kappa shape index (κ3) is 5.47. The van der Waals surface area contributed by atoms with Crippen LogP contribution in [0.2, 0.25) is 0 Å². The molecule has 5 rings (SSSR count). The molecule has 0 radical (unpaired) electrons. The predicted octanol–water partition coefficient (Wildman–Crippen LogP) is 3.30. The van der Waals surface area contributed by atoms with Crippen molar-refractivity contribution < 1.29 is 18.3 Å². The van der Waals surface area contributed by atoms with Crippen molar-refractivity contribution in [2.24, 2.45) is 5.73 Å². The van der Waals surface area contributed by atoms with Crippen LogP contribution < -0.4 is 16.2 Å². The highest BCUT2D eigenvalue weighted by atomic mass is 32.2. The standard InChI is InChI=1S/C28H25N7O4S/c29-19-5-1-4-17(11-19)21-13-20(40(38,39)35-25(36)9-6-16-3-2-10-32-15-16)14-22(26(21)37)28-33-23-8-7-18(27(30)31)12-24(23)34-28/h1-5,7-8,10-15,37H,6,9,29H2,(H3,30,31)(H,33,34)(H,35,36). The molecule has 0 aliphatic heterocycles. The number of aromatic nitrogens is 3. The minimum Gasteiger partial charge on any atom is -0.507 e. The molecular weight excluding hydrogens is 530 g/mol. The number of aromatic amines is 1. The maximum absolute atomic E-state index is 13.4. The maximum atomic E-state index is 13.4. The van der Waals surface area contributed by atoms with E-state index in [1.165, 1.54) is 12.1 Å². The highest BCUT2D eigenvalue weighted by molar-refractivity contribution is 7.90. The first-order valence-electron chi connectivity index (χ1n) is 12.1. The summed E-state index contributed by atoms with van der Waals surface area (Å²) >= 11 is 0. The lowest BCUT2D eigenvalue weighted by molar-refractivity contribution is -0.119. The minimum absolute atomic E-state index is 0.0694. The number of nitrogens with zero attached hydrogens (tertiary/aromatic N) is 2. The molecule has 0 saturated heterocycles. The summed E-state index contributed by atoms with van der Waals surface area (Å²) in [4.78, 5) is 23.9. The maximum Gasteiger partial charge on any atom is 0.264 e. The van der Waals surface area contributed by atoms with E-state index < -0.39 is 15.9 Å². The van der Waals surface area contributed by atoms with Gasteiger partial charge in [-0.2, -0.15) is 0 Å². The fraction of sp³-hybridized carbons (Fsp3) is 0.0714. The SMILES string of the molecule is N=C(N)c1ccc2[nH]c(-c3cc(S(=O)(=O)NC(=O)CCc4cccnc4)cc(-c4cccc(N)c4)c3O)nc2c1. The Morgan fingerprint density at radius 2 is 1.85 bits per heavy atom. The average Bonchev–Trinajstić information content (AvgIpc) is 3.35. The van der Waals surface area contributed by atoms with Crippen LogP contribution in [0.5, 0.6) is 5.75 Å². The number of phenols is 1. The summed E-state index contributed by atoms with van der Waals surface area (Å²) in [5.74, 6) is -0.883. The van der Waals surface area contributed by atoms with E-state index in [9.17, 15) is 18.3 Å². The average molecular weight is 556 g/mol. The second kappa shape index (κ2) is 10.5. The van der Waals surface area contributed by atoms with Crippen molar-refractivity contribution >= 4 is 38.5 Å². The van der Waals surface area contributed by atoms with Crippen LogP contribution in [0.15, 0.2) is 84.0 Å². The van der Waals surface area contributed by atoms with Gasteiger partial charge in [0.25, 0.3) is 10.0 Å². The molecule has 11 nitrogen and oxygen atoms in total. The van der Waals surface area contributed by atoms with Crippen molar-refractivity contribution in [1.82, 2.24) is 19.7 Å². The number of nitrogens with two attached hydrogens (primary N) is 2. The normalized spacial score (nSPS) is 11.4. The van der Waals surface area contributed by atoms with Crippen LogP contribution in [-0.4, -0.2) is 40.2 Å². The molecule has 0 saturated carbocycles. The van der Waals surface area contributed by atoms with E-state index in [1.807, 2.05) is 0 Å². The van der Waals surface area contributed by atoms with Gasteiger partial charge in [0.15, 0.2) is 0 Å². The van der Waals surface area contributed by atoms with Gasteiger partial charge in [-0.3, -0.25) is 15.2 Å². The lowest BCUT2D eigenvalue weighted by Crippen LogP contribution is -2.30. The summed E-state index contributed by atoms with van der Waals surface area (Å²) in [6.45, 7) is 0. The van der Waals surface area contributed by atoms with E-state index >= 15 is 0 Å². The molecule has 0 atom stereocenters. The Kier molecular flexibility index (Phi) is 6.92. The number of amidine groups is 1. The van der Waals surface area contributed by atoms with Crippen molar-refractivity contribution in [3.8, 4) is 28.3 Å². The molecule has 202 valence electrons. The number of rotatable bonds is 8. The third-order valence-corrected chi connectivity index (χ3v) is 7.60. The Morgan fingerprint density at radius 1 is 1.05 bits per heavy atom. The van der Waals surface area contributed by atoms with Crippen LogP contribution in [0, 0.1) is 5.41 Å². The van der Waals surface area contributed by atoms with Crippen molar-refractivity contribution in [3.63, 3.8) is 0 Å². The number of hydrogen-bond acceptors (Lipinski definition) is 8. The van der Waals surface area contributed by atoms with Gasteiger partial charge >= 0.3 is 0 Å². The van der Waals surface area contributed by atoms with E-state index in [-0.39, 0.29) is 39.9 Å². The molecule has 8 N–H and O–H groups in total. The monoisotopic (exact) mass is 555 g/mol. The molecule has 0 spiro atoms. The molecule has 0 bridgehead atoms. The molecule has 3 aromatic carbocycles. The number of H-pyrrole nitrogens is 1. The van der Waals surface area contributed by atoms with Gasteiger partial charge in [0, 0.05) is 35.6 Å². The number of aryl methyl sites for hydroxylation is 1. The van der Waals surface area contributed by atoms with Gasteiger partial charge in [0.2, 0.25) is 5.91 Å². The van der Waals surface area contributed by atoms with Crippen molar-refractivity contribution in [1.29, 1.82) is 5.41 Å². The minimum atomic E-state index is -4.34. The summed E-state index contributed by atoms with van der Waals surface area (Å²) in [6.07, 6.45) is 3.46. The van der Waals surface area contributed by atoms with E-state index in [4.69, 9.17) is 16.9 Å². The predicted molar refractivity (Wildman–Crippen MR) is 152 cm³/mol. The fourth-order valence-corrected chi connectivity index (χ4v) is 5.30. The molecule has 40 heavy (non-hydrogen) atoms. The number of nitrogens with one attached hydrogen (secondary N) is 3. The van der Waals surface area contributed by atoms with Crippen LogP contribution in [0.25, 0.3) is 33.5 Å². The first-order chi connectivity index (χ1) is 19.1. The Bertz CT molecular complexity index is 1870. The van der Waals surface area contributed by atoms with Crippen LogP contribution >= 0.6 is 0 Å². The molecule has 0 aliphatic carbocycles. The van der Waals surface area contributed by atoms with Gasteiger partial charge in [0.05, 0.1) is 21.5 Å². The first kappa shape index (κ1) is 26.4. The van der Waals surface area contributed by atoms with Crippen molar-refractivity contribution in [3.05, 3.63) is 90.3 Å². The fourth-order valence-electron chi connectivity index (χ4n) is 4.23. The first-order valence-corrected chi connectivity index (χ1v) is 13.6. The summed E-state index contributed by atoms with van der Waals surface area (Å²) in [5, 5.41) is 19.0. The number of hydrogen-bond donors (Lipinski definition) is 6. The van der Waals surface area contributed by atoms with E-state index in [2.05, 4.69) is 19.7 Å². The van der Waals surface area contributed by atoms with Crippen LogP contribution in [-0.2, 0) is 21.2 Å². The van der Waals surface area contributed by atoms with Crippen molar-refractivity contribution in [2.75, 3.05) is 5.73 Å². The number of phenolic OH excluding ortho intramolecular Hbond substituents is 1. The van der Waals surface area contributed by atoms with Gasteiger partial charge in [-0.25, -0.2) is 18.1 Å². The van der Waals surface area contributed by atoms with Gasteiger partial charge < -0.3 is 21.6 Å². The zero-order chi connectivity index (χ0) is 28.4. The topological polar surface area (TPSA) is 201 Å². The molecule has 5 aromatic rings. The van der Waals surface area contributed by atoms with Crippen molar-refractivity contribution in [2.45, 2.75) is 17.7 Å². The second-order valence-corrected chi connectivity index (χ2v) is 10.8. The Balaban J connectivity index is 1.57. The zero-order valence-corrected chi connectivity index (χ0v) is 21.9. The molecule has 1 amide bonds. The lowest BCUT2D eigenvalue weighted by Gasteiger charge is -2.14. The van der Waals surface area contributed by atoms with E-state index in [1.54, 1.807) is 67.0 Å². The number of pyridine rings is 1. The van der Waals surface area contributed by atoms with Gasteiger partial charge in [-0.05, 0) is 66.1 Å². The molecule has 2 aromatic heterocycles. The molecule has 2 heterocycles. The number of anilines is 1. The second-order valence-electron chi connectivity index (χ2n) is 9.11. The number of fused-ring (bicyclic) bond motifs is 1. The molecule has 12 heteroatoms. The molecule has 0 unspecified atom stereocenters. The number of nitrogen functional groups attached to an aromatic ring is 2. The number of imidazole rings is 1. The number of sulfonamides is 1. The van der Waals surface area contributed by atoms with E-state index in [0.717, 1.165) is 5.56 Å². The number of amides is 1. The summed E-state index contributed by atoms with van der Waals surface area (Å²) in [5.41, 5.74) is 15.0. The van der Waals surface area contributed by atoms with Gasteiger partial charge in [-0.15, -0.1) is 0 Å².